The molecule has 3 aromatic heterocycles. The lowest BCUT2D eigenvalue weighted by Crippen LogP contribution is -2.16. The van der Waals surface area contributed by atoms with Crippen LogP contribution >= 0.6 is 0 Å². The molecular formula is C21H20N6O2. The van der Waals surface area contributed by atoms with E-state index in [0.29, 0.717) is 28.8 Å². The number of nitrogens with one attached hydrogen (secondary N) is 1. The zero-order valence-electron chi connectivity index (χ0n) is 16.0. The molecule has 146 valence electrons. The molecule has 0 unspecified atom stereocenters. The molecule has 1 aromatic carbocycles. The zero-order chi connectivity index (χ0) is 19.8. The van der Waals surface area contributed by atoms with Gasteiger partial charge in [-0.15, -0.1) is 10.2 Å². The lowest BCUT2D eigenvalue weighted by molar-refractivity contribution is -0.115. The second-order valence-electron chi connectivity index (χ2n) is 7.24. The first kappa shape index (κ1) is 17.5. The van der Waals surface area contributed by atoms with E-state index in [0.717, 1.165) is 30.8 Å². The first-order valence-electron chi connectivity index (χ1n) is 9.76. The molecule has 0 saturated heterocycles. The number of amides is 1. The third-order valence-electron chi connectivity index (χ3n) is 5.08. The lowest BCUT2D eigenvalue weighted by Gasteiger charge is -2.06. The highest BCUT2D eigenvalue weighted by atomic mass is 16.5. The van der Waals surface area contributed by atoms with Gasteiger partial charge >= 0.3 is 0 Å². The highest BCUT2D eigenvalue weighted by molar-refractivity contribution is 5.92. The van der Waals surface area contributed by atoms with Gasteiger partial charge in [0.2, 0.25) is 5.91 Å². The molecule has 1 fully saturated rings. The van der Waals surface area contributed by atoms with Crippen LogP contribution in [0.1, 0.15) is 42.9 Å². The minimum absolute atomic E-state index is 0.108. The molecule has 0 radical (unpaired) electrons. The van der Waals surface area contributed by atoms with E-state index < -0.39 is 0 Å². The molecule has 8 nitrogen and oxygen atoms in total. The largest absolute Gasteiger partial charge is 0.334 e. The van der Waals surface area contributed by atoms with Crippen LogP contribution in [0.2, 0.25) is 0 Å². The molecule has 3 heterocycles. The van der Waals surface area contributed by atoms with Gasteiger partial charge in [-0.1, -0.05) is 24.2 Å². The SMILES string of the molecule is CCc1ccc(NC(=O)Cc2nnc3c(-c4nc(C5CC5)no4)cccn23)cc1. The van der Waals surface area contributed by atoms with Gasteiger partial charge in [-0.2, -0.15) is 4.98 Å². The summed E-state index contributed by atoms with van der Waals surface area (Å²) in [5.41, 5.74) is 3.29. The molecule has 0 spiro atoms. The van der Waals surface area contributed by atoms with E-state index in [2.05, 4.69) is 32.6 Å². The number of aromatic nitrogens is 5. The van der Waals surface area contributed by atoms with Crippen LogP contribution in [0.25, 0.3) is 17.1 Å². The summed E-state index contributed by atoms with van der Waals surface area (Å²) in [6.45, 7) is 2.10. The molecule has 4 aromatic rings. The molecule has 5 rings (SSSR count). The van der Waals surface area contributed by atoms with Gasteiger partial charge in [0.05, 0.1) is 12.0 Å². The van der Waals surface area contributed by atoms with E-state index in [1.165, 1.54) is 5.56 Å². The molecule has 1 amide bonds. The predicted octanol–water partition coefficient (Wildman–Crippen LogP) is 3.40. The second-order valence-corrected chi connectivity index (χ2v) is 7.24. The van der Waals surface area contributed by atoms with Crippen LogP contribution in [0.15, 0.2) is 47.1 Å². The Morgan fingerprint density at radius 1 is 1.21 bits per heavy atom. The minimum atomic E-state index is -0.150. The van der Waals surface area contributed by atoms with E-state index >= 15 is 0 Å². The number of nitrogens with zero attached hydrogens (tertiary/aromatic N) is 5. The maximum absolute atomic E-state index is 12.5. The highest BCUT2D eigenvalue weighted by Crippen LogP contribution is 2.39. The van der Waals surface area contributed by atoms with Gasteiger partial charge in [-0.3, -0.25) is 9.20 Å². The Morgan fingerprint density at radius 2 is 2.03 bits per heavy atom. The van der Waals surface area contributed by atoms with Gasteiger partial charge in [0, 0.05) is 17.8 Å². The van der Waals surface area contributed by atoms with Gasteiger partial charge in [0.1, 0.15) is 5.82 Å². The molecule has 8 heteroatoms. The van der Waals surface area contributed by atoms with Crippen LogP contribution < -0.4 is 5.32 Å². The number of anilines is 1. The van der Waals surface area contributed by atoms with Crippen LogP contribution in [0, 0.1) is 0 Å². The number of fused-ring (bicyclic) bond motifs is 1. The number of aryl methyl sites for hydroxylation is 1. The fourth-order valence-corrected chi connectivity index (χ4v) is 3.28. The quantitative estimate of drug-likeness (QED) is 0.544. The summed E-state index contributed by atoms with van der Waals surface area (Å²) in [5.74, 6) is 1.98. The Labute approximate surface area is 167 Å². The summed E-state index contributed by atoms with van der Waals surface area (Å²) in [7, 11) is 0. The van der Waals surface area contributed by atoms with E-state index in [1.54, 1.807) is 4.40 Å². The Balaban J connectivity index is 1.37. The number of pyridine rings is 1. The molecule has 29 heavy (non-hydrogen) atoms. The van der Waals surface area contributed by atoms with Gasteiger partial charge in [0.15, 0.2) is 11.5 Å². The molecule has 1 saturated carbocycles. The van der Waals surface area contributed by atoms with Gasteiger partial charge in [-0.05, 0) is 49.1 Å². The maximum atomic E-state index is 12.5. The number of carbonyl (C=O) groups excluding carboxylic acids is 1. The van der Waals surface area contributed by atoms with Gasteiger partial charge < -0.3 is 9.84 Å². The Morgan fingerprint density at radius 3 is 2.79 bits per heavy atom. The summed E-state index contributed by atoms with van der Waals surface area (Å²) in [4.78, 5) is 17.0. The minimum Gasteiger partial charge on any atom is -0.334 e. The highest BCUT2D eigenvalue weighted by Gasteiger charge is 2.29. The standard InChI is InChI=1S/C21H20N6O2/c1-2-13-5-9-15(10-6-13)22-18(28)12-17-24-25-20-16(4-3-11-27(17)20)21-23-19(26-29-21)14-7-8-14/h3-6,9-11,14H,2,7-8,12H2,1H3,(H,22,28). The summed E-state index contributed by atoms with van der Waals surface area (Å²) < 4.78 is 7.21. The summed E-state index contributed by atoms with van der Waals surface area (Å²) in [6, 6.07) is 11.6. The summed E-state index contributed by atoms with van der Waals surface area (Å²) >= 11 is 0. The normalized spacial score (nSPS) is 13.7. The Hall–Kier alpha value is -3.55. The molecule has 0 atom stereocenters. The lowest BCUT2D eigenvalue weighted by atomic mass is 10.1. The van der Waals surface area contributed by atoms with Crippen LogP contribution in [-0.2, 0) is 17.6 Å². The van der Waals surface area contributed by atoms with Crippen molar-refractivity contribution in [2.24, 2.45) is 0 Å². The smallest absolute Gasteiger partial charge is 0.261 e. The molecule has 1 N–H and O–H groups in total. The maximum Gasteiger partial charge on any atom is 0.261 e. The van der Waals surface area contributed by atoms with Crippen molar-refractivity contribution >= 4 is 17.2 Å². The fourth-order valence-electron chi connectivity index (χ4n) is 3.28. The van der Waals surface area contributed by atoms with Gasteiger partial charge in [-0.25, -0.2) is 0 Å². The number of carbonyl (C=O) groups is 1. The summed E-state index contributed by atoms with van der Waals surface area (Å²) in [5, 5.41) is 15.4. The van der Waals surface area contributed by atoms with Crippen molar-refractivity contribution in [1.29, 1.82) is 0 Å². The first-order valence-corrected chi connectivity index (χ1v) is 9.76. The third kappa shape index (κ3) is 3.49. The zero-order valence-corrected chi connectivity index (χ0v) is 16.0. The molecule has 1 aliphatic carbocycles. The average molecular weight is 388 g/mol. The Bertz CT molecular complexity index is 1170. The van der Waals surface area contributed by atoms with Crippen molar-refractivity contribution in [3.05, 3.63) is 59.8 Å². The van der Waals surface area contributed by atoms with Crippen molar-refractivity contribution in [3.8, 4) is 11.5 Å². The molecule has 0 bridgehead atoms. The van der Waals surface area contributed by atoms with Crippen LogP contribution in [0.5, 0.6) is 0 Å². The monoisotopic (exact) mass is 388 g/mol. The van der Waals surface area contributed by atoms with E-state index in [1.807, 2.05) is 42.6 Å². The summed E-state index contributed by atoms with van der Waals surface area (Å²) in [6.07, 6.45) is 5.11. The molecule has 1 aliphatic rings. The van der Waals surface area contributed by atoms with Crippen LogP contribution in [-0.4, -0.2) is 30.6 Å². The van der Waals surface area contributed by atoms with Crippen molar-refractivity contribution in [2.45, 2.75) is 38.5 Å². The predicted molar refractivity (Wildman–Crippen MR) is 106 cm³/mol. The van der Waals surface area contributed by atoms with E-state index in [9.17, 15) is 4.79 Å². The number of benzene rings is 1. The van der Waals surface area contributed by atoms with Crippen molar-refractivity contribution in [3.63, 3.8) is 0 Å². The number of hydrogen-bond acceptors (Lipinski definition) is 6. The first-order chi connectivity index (χ1) is 14.2. The number of hydrogen-bond donors (Lipinski definition) is 1. The van der Waals surface area contributed by atoms with Crippen LogP contribution in [0.3, 0.4) is 0 Å². The molecule has 0 aliphatic heterocycles. The fraction of sp³-hybridized carbons (Fsp3) is 0.286. The van der Waals surface area contributed by atoms with Crippen molar-refractivity contribution in [1.82, 2.24) is 24.7 Å². The number of rotatable bonds is 6. The Kier molecular flexibility index (Phi) is 4.31. The third-order valence-corrected chi connectivity index (χ3v) is 5.08. The topological polar surface area (TPSA) is 98.2 Å². The van der Waals surface area contributed by atoms with Gasteiger partial charge in [0.25, 0.3) is 5.89 Å². The van der Waals surface area contributed by atoms with Crippen molar-refractivity contribution in [2.75, 3.05) is 5.32 Å². The average Bonchev–Trinajstić information content (AvgIpc) is 3.34. The van der Waals surface area contributed by atoms with Crippen LogP contribution in [0.4, 0.5) is 5.69 Å². The molecular weight excluding hydrogens is 368 g/mol. The van der Waals surface area contributed by atoms with Crippen molar-refractivity contribution < 1.29 is 9.32 Å². The second kappa shape index (κ2) is 7.12. The van der Waals surface area contributed by atoms with E-state index in [-0.39, 0.29) is 12.3 Å². The van der Waals surface area contributed by atoms with E-state index in [4.69, 9.17) is 4.52 Å².